The maximum atomic E-state index is 13.9. The van der Waals surface area contributed by atoms with Crippen LogP contribution in [0.25, 0.3) is 0 Å². The van der Waals surface area contributed by atoms with Gasteiger partial charge in [0.05, 0.1) is 12.1 Å². The highest BCUT2D eigenvalue weighted by Gasteiger charge is 2.31. The third kappa shape index (κ3) is 4.31. The minimum absolute atomic E-state index is 0.0597. The Morgan fingerprint density at radius 3 is 2.90 bits per heavy atom. The van der Waals surface area contributed by atoms with Gasteiger partial charge in [0.15, 0.2) is 0 Å². The number of aromatic amines is 1. The number of aryl methyl sites for hydroxylation is 1. The molecule has 1 fully saturated rings. The fourth-order valence-corrected chi connectivity index (χ4v) is 4.18. The molecule has 6 nitrogen and oxygen atoms in total. The highest BCUT2D eigenvalue weighted by Crippen LogP contribution is 2.23. The third-order valence-electron chi connectivity index (χ3n) is 5.71. The van der Waals surface area contributed by atoms with Gasteiger partial charge in [0, 0.05) is 30.4 Å². The summed E-state index contributed by atoms with van der Waals surface area (Å²) in [5, 5.41) is 10.1. The largest absolute Gasteiger partial charge is 0.344 e. The number of hydrogen-bond acceptors (Lipinski definition) is 3. The summed E-state index contributed by atoms with van der Waals surface area (Å²) in [6, 6.07) is 2.71. The number of fused-ring (bicyclic) bond motifs is 1. The zero-order chi connectivity index (χ0) is 20.4. The standard InChI is InChI=1S/C21H24F2N4O2/c22-14-8-7-13(16(23)10-14)12-27-9-3-6-18(21(27)29)24-20(28)11-19-15-4-1-2-5-17(15)25-26-19/h7-8,10,18H,1-6,9,11-12H2,(H,24,28)(H,25,26). The topological polar surface area (TPSA) is 78.1 Å². The van der Waals surface area contributed by atoms with Gasteiger partial charge in [-0.3, -0.25) is 14.7 Å². The van der Waals surface area contributed by atoms with E-state index in [9.17, 15) is 18.4 Å². The number of nitrogens with zero attached hydrogens (tertiary/aromatic N) is 2. The van der Waals surface area contributed by atoms with Crippen LogP contribution in [0.3, 0.4) is 0 Å². The van der Waals surface area contributed by atoms with Crippen molar-refractivity contribution in [1.82, 2.24) is 20.4 Å². The van der Waals surface area contributed by atoms with Gasteiger partial charge in [-0.2, -0.15) is 5.10 Å². The molecule has 0 spiro atoms. The number of likely N-dealkylation sites (tertiary alicyclic amines) is 1. The molecule has 4 rings (SSSR count). The SMILES string of the molecule is O=C(Cc1n[nH]c2c1CCCC2)NC1CCCN(Cc2ccc(F)cc2F)C1=O. The first kappa shape index (κ1) is 19.5. The van der Waals surface area contributed by atoms with Gasteiger partial charge in [0.25, 0.3) is 0 Å². The predicted octanol–water partition coefficient (Wildman–Crippen LogP) is 2.42. The minimum Gasteiger partial charge on any atom is -0.344 e. The summed E-state index contributed by atoms with van der Waals surface area (Å²) < 4.78 is 27.0. The van der Waals surface area contributed by atoms with Crippen molar-refractivity contribution in [3.8, 4) is 0 Å². The second kappa shape index (κ2) is 8.31. The number of piperidine rings is 1. The van der Waals surface area contributed by atoms with Crippen molar-refractivity contribution < 1.29 is 18.4 Å². The first-order chi connectivity index (χ1) is 14.0. The van der Waals surface area contributed by atoms with Gasteiger partial charge < -0.3 is 10.2 Å². The Bertz CT molecular complexity index is 927. The number of rotatable bonds is 5. The first-order valence-electron chi connectivity index (χ1n) is 10.1. The molecular weight excluding hydrogens is 378 g/mol. The number of benzene rings is 1. The summed E-state index contributed by atoms with van der Waals surface area (Å²) >= 11 is 0. The molecule has 1 aromatic heterocycles. The number of halogens is 2. The lowest BCUT2D eigenvalue weighted by atomic mass is 9.95. The van der Waals surface area contributed by atoms with Crippen molar-refractivity contribution in [2.24, 2.45) is 0 Å². The van der Waals surface area contributed by atoms with E-state index >= 15 is 0 Å². The van der Waals surface area contributed by atoms with E-state index in [-0.39, 0.29) is 30.3 Å². The smallest absolute Gasteiger partial charge is 0.245 e. The van der Waals surface area contributed by atoms with Crippen LogP contribution < -0.4 is 5.32 Å². The number of amides is 2. The Labute approximate surface area is 167 Å². The Kier molecular flexibility index (Phi) is 5.60. The molecule has 8 heteroatoms. The van der Waals surface area contributed by atoms with E-state index in [2.05, 4.69) is 15.5 Å². The number of carbonyl (C=O) groups excluding carboxylic acids is 2. The Morgan fingerprint density at radius 1 is 1.24 bits per heavy atom. The van der Waals surface area contributed by atoms with Gasteiger partial charge in [0.1, 0.15) is 17.7 Å². The number of carbonyl (C=O) groups is 2. The summed E-state index contributed by atoms with van der Waals surface area (Å²) in [5.41, 5.74) is 3.26. The van der Waals surface area contributed by atoms with E-state index in [0.717, 1.165) is 48.7 Å². The van der Waals surface area contributed by atoms with Crippen molar-refractivity contribution >= 4 is 11.8 Å². The van der Waals surface area contributed by atoms with Crippen LogP contribution in [0.5, 0.6) is 0 Å². The molecule has 29 heavy (non-hydrogen) atoms. The normalized spacial score (nSPS) is 19.2. The van der Waals surface area contributed by atoms with Gasteiger partial charge >= 0.3 is 0 Å². The van der Waals surface area contributed by atoms with E-state index < -0.39 is 17.7 Å². The van der Waals surface area contributed by atoms with Crippen LogP contribution in [0.4, 0.5) is 8.78 Å². The van der Waals surface area contributed by atoms with Crippen molar-refractivity contribution in [1.29, 1.82) is 0 Å². The lowest BCUT2D eigenvalue weighted by Crippen LogP contribution is -2.52. The molecule has 2 heterocycles. The minimum atomic E-state index is -0.674. The van der Waals surface area contributed by atoms with Crippen LogP contribution in [-0.2, 0) is 35.4 Å². The van der Waals surface area contributed by atoms with E-state index in [1.165, 1.54) is 17.0 Å². The van der Waals surface area contributed by atoms with E-state index in [1.807, 2.05) is 0 Å². The zero-order valence-corrected chi connectivity index (χ0v) is 16.1. The fourth-order valence-electron chi connectivity index (χ4n) is 4.18. The van der Waals surface area contributed by atoms with Gasteiger partial charge in [-0.1, -0.05) is 6.07 Å². The molecule has 2 N–H and O–H groups in total. The molecule has 2 aromatic rings. The summed E-state index contributed by atoms with van der Waals surface area (Å²) in [6.07, 6.45) is 5.50. The molecule has 2 amide bonds. The number of nitrogens with one attached hydrogen (secondary N) is 2. The summed E-state index contributed by atoms with van der Waals surface area (Å²) in [4.78, 5) is 26.8. The number of hydrogen-bond donors (Lipinski definition) is 2. The van der Waals surface area contributed by atoms with E-state index in [0.29, 0.717) is 19.4 Å². The van der Waals surface area contributed by atoms with Crippen LogP contribution in [0, 0.1) is 11.6 Å². The van der Waals surface area contributed by atoms with Gasteiger partial charge in [-0.15, -0.1) is 0 Å². The molecule has 0 saturated carbocycles. The average Bonchev–Trinajstić information content (AvgIpc) is 3.10. The van der Waals surface area contributed by atoms with Crippen molar-refractivity contribution in [3.63, 3.8) is 0 Å². The van der Waals surface area contributed by atoms with Gasteiger partial charge in [-0.25, -0.2) is 8.78 Å². The Balaban J connectivity index is 1.37. The van der Waals surface area contributed by atoms with Crippen LogP contribution in [0.2, 0.25) is 0 Å². The van der Waals surface area contributed by atoms with E-state index in [1.54, 1.807) is 0 Å². The van der Waals surface area contributed by atoms with Crippen molar-refractivity contribution in [2.45, 2.75) is 57.5 Å². The van der Waals surface area contributed by atoms with Gasteiger partial charge in [-0.05, 0) is 50.2 Å². The molecule has 1 aliphatic carbocycles. The molecule has 154 valence electrons. The Morgan fingerprint density at radius 2 is 2.07 bits per heavy atom. The molecule has 1 aromatic carbocycles. The summed E-state index contributed by atoms with van der Waals surface area (Å²) in [6.45, 7) is 0.541. The van der Waals surface area contributed by atoms with Crippen molar-refractivity contribution in [3.05, 3.63) is 52.3 Å². The molecule has 2 aliphatic rings. The third-order valence-corrected chi connectivity index (χ3v) is 5.71. The van der Waals surface area contributed by atoms with Crippen molar-refractivity contribution in [2.75, 3.05) is 6.54 Å². The highest BCUT2D eigenvalue weighted by atomic mass is 19.1. The molecule has 0 bridgehead atoms. The molecular formula is C21H24F2N4O2. The van der Waals surface area contributed by atoms with Crippen LogP contribution in [0.1, 0.15) is 48.2 Å². The van der Waals surface area contributed by atoms with Crippen LogP contribution >= 0.6 is 0 Å². The first-order valence-corrected chi connectivity index (χ1v) is 10.1. The fraction of sp³-hybridized carbons (Fsp3) is 0.476. The number of aromatic nitrogens is 2. The maximum Gasteiger partial charge on any atom is 0.245 e. The second-order valence-electron chi connectivity index (χ2n) is 7.77. The monoisotopic (exact) mass is 402 g/mol. The van der Waals surface area contributed by atoms with E-state index in [4.69, 9.17) is 0 Å². The summed E-state index contributed by atoms with van der Waals surface area (Å²) in [7, 11) is 0. The van der Waals surface area contributed by atoms with Crippen LogP contribution in [-0.4, -0.2) is 39.5 Å². The Hall–Kier alpha value is -2.77. The predicted molar refractivity (Wildman–Crippen MR) is 102 cm³/mol. The highest BCUT2D eigenvalue weighted by molar-refractivity contribution is 5.88. The quantitative estimate of drug-likeness (QED) is 0.806. The lowest BCUT2D eigenvalue weighted by Gasteiger charge is -2.32. The summed E-state index contributed by atoms with van der Waals surface area (Å²) in [5.74, 6) is -1.80. The molecule has 1 aliphatic heterocycles. The molecule has 1 saturated heterocycles. The van der Waals surface area contributed by atoms with Crippen LogP contribution in [0.15, 0.2) is 18.2 Å². The maximum absolute atomic E-state index is 13.9. The average molecular weight is 402 g/mol. The molecule has 1 atom stereocenters. The van der Waals surface area contributed by atoms with Gasteiger partial charge in [0.2, 0.25) is 11.8 Å². The second-order valence-corrected chi connectivity index (χ2v) is 7.77. The lowest BCUT2D eigenvalue weighted by molar-refractivity contribution is -0.139. The molecule has 0 radical (unpaired) electrons. The number of H-pyrrole nitrogens is 1. The molecule has 1 unspecified atom stereocenters. The zero-order valence-electron chi connectivity index (χ0n) is 16.1.